The van der Waals surface area contributed by atoms with E-state index in [9.17, 15) is 4.79 Å². The number of hydrogen-bond acceptors (Lipinski definition) is 4. The third-order valence-corrected chi connectivity index (χ3v) is 6.09. The fourth-order valence-electron chi connectivity index (χ4n) is 4.56. The Morgan fingerprint density at radius 1 is 1.24 bits per heavy atom. The average Bonchev–Trinajstić information content (AvgIpc) is 2.82. The van der Waals surface area contributed by atoms with Gasteiger partial charge >= 0.3 is 0 Å². The molecule has 3 rings (SSSR count). The lowest BCUT2D eigenvalue weighted by Crippen LogP contribution is -2.54. The molecule has 6 nitrogen and oxygen atoms in total. The van der Waals surface area contributed by atoms with E-state index >= 15 is 0 Å². The van der Waals surface area contributed by atoms with Crippen LogP contribution in [0.4, 0.5) is 0 Å². The van der Waals surface area contributed by atoms with Crippen LogP contribution in [0.2, 0.25) is 0 Å². The molecule has 1 aromatic heterocycles. The fourth-order valence-corrected chi connectivity index (χ4v) is 4.56. The molecule has 25 heavy (non-hydrogen) atoms. The number of aromatic nitrogens is 2. The molecular weight excluding hydrogens is 316 g/mol. The lowest BCUT2D eigenvalue weighted by molar-refractivity contribution is -0.140. The highest BCUT2D eigenvalue weighted by Crippen LogP contribution is 2.39. The Kier molecular flexibility index (Phi) is 5.49. The summed E-state index contributed by atoms with van der Waals surface area (Å²) in [6.07, 6.45) is 4.15. The van der Waals surface area contributed by atoms with E-state index in [1.165, 1.54) is 24.1 Å². The third-order valence-electron chi connectivity index (χ3n) is 6.09. The molecule has 0 aliphatic carbocycles. The van der Waals surface area contributed by atoms with Crippen LogP contribution >= 0.6 is 0 Å². The van der Waals surface area contributed by atoms with Gasteiger partial charge < -0.3 is 9.64 Å². The van der Waals surface area contributed by atoms with Gasteiger partial charge in [-0.3, -0.25) is 14.4 Å². The first kappa shape index (κ1) is 18.4. The number of aryl methyl sites for hydroxylation is 2. The van der Waals surface area contributed by atoms with E-state index < -0.39 is 0 Å². The minimum Gasteiger partial charge on any atom is -0.383 e. The first-order chi connectivity index (χ1) is 11.9. The zero-order valence-electron chi connectivity index (χ0n) is 16.2. The van der Waals surface area contributed by atoms with Crippen molar-refractivity contribution in [2.24, 2.45) is 12.5 Å². The van der Waals surface area contributed by atoms with Crippen LogP contribution in [-0.2, 0) is 23.1 Å². The van der Waals surface area contributed by atoms with Crippen molar-refractivity contribution in [3.05, 3.63) is 17.0 Å². The molecule has 1 aromatic rings. The molecule has 0 bridgehead atoms. The van der Waals surface area contributed by atoms with Crippen molar-refractivity contribution < 1.29 is 9.53 Å². The smallest absolute Gasteiger partial charge is 0.222 e. The van der Waals surface area contributed by atoms with Crippen molar-refractivity contribution in [1.29, 1.82) is 0 Å². The van der Waals surface area contributed by atoms with Crippen molar-refractivity contribution in [2.75, 3.05) is 39.9 Å². The van der Waals surface area contributed by atoms with E-state index in [2.05, 4.69) is 23.8 Å². The van der Waals surface area contributed by atoms with Gasteiger partial charge in [0.15, 0.2) is 0 Å². The summed E-state index contributed by atoms with van der Waals surface area (Å²) in [6.45, 7) is 9.68. The second kappa shape index (κ2) is 7.46. The first-order valence-electron chi connectivity index (χ1n) is 9.42. The molecule has 140 valence electrons. The summed E-state index contributed by atoms with van der Waals surface area (Å²) in [5.41, 5.74) is 4.02. The molecule has 0 aromatic carbocycles. The van der Waals surface area contributed by atoms with Gasteiger partial charge in [0.1, 0.15) is 0 Å². The average molecular weight is 348 g/mol. The van der Waals surface area contributed by atoms with E-state index in [1.807, 2.05) is 16.6 Å². The van der Waals surface area contributed by atoms with Crippen LogP contribution in [0.1, 0.15) is 42.6 Å². The number of amides is 1. The quantitative estimate of drug-likeness (QED) is 0.815. The summed E-state index contributed by atoms with van der Waals surface area (Å²) < 4.78 is 7.17. The highest BCUT2D eigenvalue weighted by Gasteiger charge is 2.41. The van der Waals surface area contributed by atoms with Gasteiger partial charge in [0.25, 0.3) is 0 Å². The van der Waals surface area contributed by atoms with Gasteiger partial charge in [0.2, 0.25) is 5.91 Å². The number of likely N-dealkylation sites (tertiary alicyclic amines) is 2. The zero-order chi connectivity index (χ0) is 18.0. The molecule has 1 atom stereocenters. The van der Waals surface area contributed by atoms with Gasteiger partial charge in [0, 0.05) is 63.4 Å². The molecule has 2 aliphatic heterocycles. The van der Waals surface area contributed by atoms with E-state index in [-0.39, 0.29) is 5.41 Å². The van der Waals surface area contributed by atoms with Crippen molar-refractivity contribution >= 4 is 5.91 Å². The highest BCUT2D eigenvalue weighted by molar-refractivity contribution is 5.77. The van der Waals surface area contributed by atoms with Crippen LogP contribution < -0.4 is 0 Å². The van der Waals surface area contributed by atoms with Gasteiger partial charge in [-0.2, -0.15) is 5.10 Å². The second-order valence-electron chi connectivity index (χ2n) is 7.90. The largest absolute Gasteiger partial charge is 0.383 e. The lowest BCUT2D eigenvalue weighted by atomic mass is 9.73. The minimum atomic E-state index is 0.254. The molecule has 2 fully saturated rings. The third kappa shape index (κ3) is 3.90. The van der Waals surface area contributed by atoms with Crippen LogP contribution in [0, 0.1) is 19.3 Å². The maximum Gasteiger partial charge on any atom is 0.222 e. The number of piperidine rings is 2. The van der Waals surface area contributed by atoms with Crippen molar-refractivity contribution in [2.45, 2.75) is 46.1 Å². The molecule has 0 saturated carbocycles. The molecule has 3 heterocycles. The molecule has 0 radical (unpaired) electrons. The van der Waals surface area contributed by atoms with E-state index in [4.69, 9.17) is 4.74 Å². The monoisotopic (exact) mass is 348 g/mol. The molecule has 0 N–H and O–H groups in total. The molecule has 1 spiro atoms. The Bertz CT molecular complexity index is 627. The van der Waals surface area contributed by atoms with E-state index in [0.717, 1.165) is 44.8 Å². The number of methoxy groups -OCH3 is 1. The summed E-state index contributed by atoms with van der Waals surface area (Å²) in [4.78, 5) is 16.8. The highest BCUT2D eigenvalue weighted by atomic mass is 16.5. The van der Waals surface area contributed by atoms with E-state index in [1.54, 1.807) is 7.11 Å². The van der Waals surface area contributed by atoms with Gasteiger partial charge in [-0.25, -0.2) is 0 Å². The van der Waals surface area contributed by atoms with Gasteiger partial charge in [-0.1, -0.05) is 0 Å². The van der Waals surface area contributed by atoms with Crippen LogP contribution in [0.25, 0.3) is 0 Å². The second-order valence-corrected chi connectivity index (χ2v) is 7.90. The minimum absolute atomic E-state index is 0.254. The van der Waals surface area contributed by atoms with Crippen molar-refractivity contribution in [3.8, 4) is 0 Å². The summed E-state index contributed by atoms with van der Waals surface area (Å²) in [5.74, 6) is 0.291. The predicted octanol–water partition coefficient (Wildman–Crippen LogP) is 1.89. The number of nitrogens with zero attached hydrogens (tertiary/aromatic N) is 4. The van der Waals surface area contributed by atoms with Crippen LogP contribution in [-0.4, -0.2) is 65.4 Å². The van der Waals surface area contributed by atoms with Gasteiger partial charge in [-0.05, 0) is 39.7 Å². The Hall–Kier alpha value is -1.40. The molecule has 1 unspecified atom stereocenters. The fraction of sp³-hybridized carbons (Fsp3) is 0.789. The maximum absolute atomic E-state index is 12.2. The summed E-state index contributed by atoms with van der Waals surface area (Å²) in [6, 6.07) is 0. The van der Waals surface area contributed by atoms with Crippen LogP contribution in [0.15, 0.2) is 0 Å². The molecule has 1 amide bonds. The van der Waals surface area contributed by atoms with Crippen molar-refractivity contribution in [1.82, 2.24) is 19.6 Å². The number of rotatable bonds is 5. The summed E-state index contributed by atoms with van der Waals surface area (Å²) in [7, 11) is 3.72. The number of carbonyl (C=O) groups is 1. The normalized spacial score (nSPS) is 25.1. The summed E-state index contributed by atoms with van der Waals surface area (Å²) in [5, 5.41) is 4.56. The Morgan fingerprint density at radius 2 is 2.04 bits per heavy atom. The Labute approximate surface area is 151 Å². The zero-order valence-corrected chi connectivity index (χ0v) is 16.2. The number of hydrogen-bond donors (Lipinski definition) is 0. The standard InChI is InChI=1S/C19H32N4O2/c1-15-17(16(2)21(3)20-15)12-22-9-5-7-19(13-22)8-6-18(24)23(14-19)10-11-25-4/h5-14H2,1-4H3. The topological polar surface area (TPSA) is 50.6 Å². The maximum atomic E-state index is 12.2. The van der Waals surface area contributed by atoms with Crippen LogP contribution in [0.5, 0.6) is 0 Å². The molecule has 2 saturated heterocycles. The SMILES string of the molecule is COCCN1CC2(CCCN(Cc3c(C)nn(C)c3C)C2)CCC1=O. The first-order valence-corrected chi connectivity index (χ1v) is 9.42. The Morgan fingerprint density at radius 3 is 2.72 bits per heavy atom. The van der Waals surface area contributed by atoms with Crippen molar-refractivity contribution in [3.63, 3.8) is 0 Å². The molecule has 6 heteroatoms. The van der Waals surface area contributed by atoms with Crippen LogP contribution in [0.3, 0.4) is 0 Å². The number of carbonyl (C=O) groups excluding carboxylic acids is 1. The molecule has 2 aliphatic rings. The predicted molar refractivity (Wildman–Crippen MR) is 97.3 cm³/mol. The van der Waals surface area contributed by atoms with E-state index in [0.29, 0.717) is 18.9 Å². The summed E-state index contributed by atoms with van der Waals surface area (Å²) >= 11 is 0. The van der Waals surface area contributed by atoms with Gasteiger partial charge in [-0.15, -0.1) is 0 Å². The number of ether oxygens (including phenoxy) is 1. The lowest BCUT2D eigenvalue weighted by Gasteiger charge is -2.48. The van der Waals surface area contributed by atoms with Gasteiger partial charge in [0.05, 0.1) is 12.3 Å². The Balaban J connectivity index is 1.68. The molecular formula is C19H32N4O2.